The monoisotopic (exact) mass is 315 g/mol. The first kappa shape index (κ1) is 15.8. The molecule has 0 N–H and O–H groups in total. The van der Waals surface area contributed by atoms with Crippen LogP contribution in [0.5, 0.6) is 0 Å². The van der Waals surface area contributed by atoms with E-state index in [1.165, 1.54) is 6.26 Å². The van der Waals surface area contributed by atoms with Crippen LogP contribution in [0.4, 0.5) is 0 Å². The van der Waals surface area contributed by atoms with Crippen LogP contribution in [0.15, 0.2) is 30.3 Å². The lowest BCUT2D eigenvalue weighted by Crippen LogP contribution is -2.39. The maximum atomic E-state index is 11.6. The summed E-state index contributed by atoms with van der Waals surface area (Å²) >= 11 is 6.42. The number of benzene rings is 1. The lowest BCUT2D eigenvalue weighted by molar-refractivity contribution is 0.253. The highest BCUT2D eigenvalue weighted by Gasteiger charge is 2.26. The van der Waals surface area contributed by atoms with E-state index in [0.717, 1.165) is 31.2 Å². The summed E-state index contributed by atoms with van der Waals surface area (Å²) in [6.07, 6.45) is 5.23. The van der Waals surface area contributed by atoms with Gasteiger partial charge in [-0.25, -0.2) is 12.7 Å². The molecule has 1 aliphatic heterocycles. The van der Waals surface area contributed by atoms with Crippen LogP contribution in [0.3, 0.4) is 0 Å². The van der Waals surface area contributed by atoms with Gasteiger partial charge in [0.15, 0.2) is 0 Å². The molecule has 1 fully saturated rings. The molecule has 5 heteroatoms. The number of nitrogens with zero attached hydrogens (tertiary/aromatic N) is 1. The van der Waals surface area contributed by atoms with Crippen molar-refractivity contribution >= 4 is 21.6 Å². The number of hydrogen-bond donors (Lipinski definition) is 0. The summed E-state index contributed by atoms with van der Waals surface area (Å²) < 4.78 is 24.8. The Hall–Kier alpha value is -0.580. The van der Waals surface area contributed by atoms with Crippen molar-refractivity contribution in [2.24, 2.45) is 5.92 Å². The fourth-order valence-electron chi connectivity index (χ4n) is 2.77. The summed E-state index contributed by atoms with van der Waals surface area (Å²) in [5.74, 6) is 0.434. The summed E-state index contributed by atoms with van der Waals surface area (Å²) in [7, 11) is -3.05. The molecule has 2 atom stereocenters. The third-order valence-corrected chi connectivity index (χ3v) is 5.68. The SMILES string of the molecule is CS(=O)(=O)N1CCCC(CCC(Cl)c2ccccc2)C1. The molecule has 0 aromatic heterocycles. The van der Waals surface area contributed by atoms with Gasteiger partial charge in [0.25, 0.3) is 0 Å². The lowest BCUT2D eigenvalue weighted by atomic mass is 9.93. The zero-order valence-electron chi connectivity index (χ0n) is 11.8. The second-order valence-electron chi connectivity index (χ2n) is 5.58. The average Bonchev–Trinajstić information content (AvgIpc) is 2.45. The molecule has 0 spiro atoms. The third-order valence-electron chi connectivity index (χ3n) is 3.94. The molecule has 1 saturated heterocycles. The minimum Gasteiger partial charge on any atom is -0.213 e. The van der Waals surface area contributed by atoms with E-state index in [4.69, 9.17) is 11.6 Å². The molecular weight excluding hydrogens is 294 g/mol. The number of rotatable bonds is 5. The quantitative estimate of drug-likeness (QED) is 0.781. The highest BCUT2D eigenvalue weighted by Crippen LogP contribution is 2.30. The third kappa shape index (κ3) is 4.47. The van der Waals surface area contributed by atoms with Gasteiger partial charge in [0.2, 0.25) is 10.0 Å². The summed E-state index contributed by atoms with van der Waals surface area (Å²) in [5.41, 5.74) is 1.14. The molecule has 2 unspecified atom stereocenters. The molecule has 1 aliphatic rings. The molecule has 3 nitrogen and oxygen atoms in total. The van der Waals surface area contributed by atoms with Crippen molar-refractivity contribution in [3.63, 3.8) is 0 Å². The predicted octanol–water partition coefficient (Wildman–Crippen LogP) is 3.42. The van der Waals surface area contributed by atoms with E-state index in [-0.39, 0.29) is 5.38 Å². The van der Waals surface area contributed by atoms with Gasteiger partial charge in [-0.15, -0.1) is 11.6 Å². The minimum absolute atomic E-state index is 0.0183. The maximum Gasteiger partial charge on any atom is 0.211 e. The van der Waals surface area contributed by atoms with Gasteiger partial charge in [-0.1, -0.05) is 30.3 Å². The van der Waals surface area contributed by atoms with E-state index in [1.807, 2.05) is 30.3 Å². The Balaban J connectivity index is 1.85. The highest BCUT2D eigenvalue weighted by molar-refractivity contribution is 7.88. The average molecular weight is 316 g/mol. The first-order valence-electron chi connectivity index (χ1n) is 7.11. The van der Waals surface area contributed by atoms with Gasteiger partial charge in [-0.05, 0) is 37.2 Å². The van der Waals surface area contributed by atoms with Crippen LogP contribution in [0.2, 0.25) is 0 Å². The normalized spacial score (nSPS) is 22.6. The number of hydrogen-bond acceptors (Lipinski definition) is 2. The zero-order chi connectivity index (χ0) is 14.6. The molecule has 0 aliphatic carbocycles. The molecular formula is C15H22ClNO2S. The van der Waals surface area contributed by atoms with Crippen LogP contribution in [-0.4, -0.2) is 32.1 Å². The number of piperidine rings is 1. The van der Waals surface area contributed by atoms with E-state index in [9.17, 15) is 8.42 Å². The van der Waals surface area contributed by atoms with Crippen LogP contribution in [0.25, 0.3) is 0 Å². The van der Waals surface area contributed by atoms with Crippen LogP contribution < -0.4 is 0 Å². The Bertz CT molecular complexity index is 518. The highest BCUT2D eigenvalue weighted by atomic mass is 35.5. The molecule has 1 aromatic carbocycles. The van der Waals surface area contributed by atoms with Crippen molar-refractivity contribution in [3.05, 3.63) is 35.9 Å². The van der Waals surface area contributed by atoms with Crippen molar-refractivity contribution in [2.75, 3.05) is 19.3 Å². The van der Waals surface area contributed by atoms with E-state index < -0.39 is 10.0 Å². The fourth-order valence-corrected chi connectivity index (χ4v) is 3.99. The molecule has 1 heterocycles. The molecule has 0 bridgehead atoms. The van der Waals surface area contributed by atoms with Gasteiger partial charge in [-0.3, -0.25) is 0 Å². The molecule has 0 radical (unpaired) electrons. The molecule has 0 amide bonds. The zero-order valence-corrected chi connectivity index (χ0v) is 13.4. The summed E-state index contributed by atoms with van der Waals surface area (Å²) in [6.45, 7) is 1.32. The molecule has 112 valence electrons. The van der Waals surface area contributed by atoms with Gasteiger partial charge >= 0.3 is 0 Å². The van der Waals surface area contributed by atoms with Crippen molar-refractivity contribution in [1.29, 1.82) is 0 Å². The minimum atomic E-state index is -3.05. The fraction of sp³-hybridized carbons (Fsp3) is 0.600. The summed E-state index contributed by atoms with van der Waals surface area (Å²) in [5, 5.41) is 0.0183. The lowest BCUT2D eigenvalue weighted by Gasteiger charge is -2.31. The van der Waals surface area contributed by atoms with Gasteiger partial charge in [0.1, 0.15) is 0 Å². The van der Waals surface area contributed by atoms with E-state index >= 15 is 0 Å². The van der Waals surface area contributed by atoms with Crippen molar-refractivity contribution in [1.82, 2.24) is 4.31 Å². The van der Waals surface area contributed by atoms with Crippen LogP contribution in [0.1, 0.15) is 36.6 Å². The smallest absolute Gasteiger partial charge is 0.211 e. The van der Waals surface area contributed by atoms with Crippen LogP contribution >= 0.6 is 11.6 Å². The van der Waals surface area contributed by atoms with Crippen molar-refractivity contribution in [3.8, 4) is 0 Å². The second-order valence-corrected chi connectivity index (χ2v) is 8.09. The Labute approximate surface area is 127 Å². The number of alkyl halides is 1. The Morgan fingerprint density at radius 1 is 1.35 bits per heavy atom. The van der Waals surface area contributed by atoms with E-state index in [1.54, 1.807) is 4.31 Å². The van der Waals surface area contributed by atoms with Gasteiger partial charge in [0.05, 0.1) is 11.6 Å². The predicted molar refractivity (Wildman–Crippen MR) is 83.4 cm³/mol. The first-order valence-corrected chi connectivity index (χ1v) is 9.39. The summed E-state index contributed by atoms with van der Waals surface area (Å²) in [4.78, 5) is 0. The number of sulfonamides is 1. The van der Waals surface area contributed by atoms with Gasteiger partial charge in [-0.2, -0.15) is 0 Å². The first-order chi connectivity index (χ1) is 9.47. The summed E-state index contributed by atoms with van der Waals surface area (Å²) in [6, 6.07) is 10.1. The largest absolute Gasteiger partial charge is 0.213 e. The van der Waals surface area contributed by atoms with Crippen LogP contribution in [-0.2, 0) is 10.0 Å². The Morgan fingerprint density at radius 2 is 2.05 bits per heavy atom. The van der Waals surface area contributed by atoms with E-state index in [2.05, 4.69) is 0 Å². The molecule has 2 rings (SSSR count). The molecule has 20 heavy (non-hydrogen) atoms. The Morgan fingerprint density at radius 3 is 2.70 bits per heavy atom. The van der Waals surface area contributed by atoms with Gasteiger partial charge in [0, 0.05) is 13.1 Å². The molecule has 1 aromatic rings. The van der Waals surface area contributed by atoms with Gasteiger partial charge < -0.3 is 0 Å². The topological polar surface area (TPSA) is 37.4 Å². The maximum absolute atomic E-state index is 11.6. The van der Waals surface area contributed by atoms with Crippen molar-refractivity contribution in [2.45, 2.75) is 31.1 Å². The standard InChI is InChI=1S/C15H22ClNO2S/c1-20(18,19)17-11-5-6-13(12-17)9-10-15(16)14-7-3-2-4-8-14/h2-4,7-8,13,15H,5-6,9-12H2,1H3. The second kappa shape index (κ2) is 6.92. The van der Waals surface area contributed by atoms with Crippen molar-refractivity contribution < 1.29 is 8.42 Å². The molecule has 0 saturated carbocycles. The Kier molecular flexibility index (Phi) is 5.47. The van der Waals surface area contributed by atoms with Crippen LogP contribution in [0, 0.1) is 5.92 Å². The van der Waals surface area contributed by atoms with E-state index in [0.29, 0.717) is 19.0 Å². The number of halogens is 1.